The molecule has 0 aliphatic carbocycles. The van der Waals surface area contributed by atoms with E-state index in [0.29, 0.717) is 18.0 Å². The van der Waals surface area contributed by atoms with Crippen LogP contribution in [0.25, 0.3) is 0 Å². The summed E-state index contributed by atoms with van der Waals surface area (Å²) in [5.74, 6) is 2.86. The van der Waals surface area contributed by atoms with E-state index >= 15 is 0 Å². The number of methoxy groups -OCH3 is 2. The van der Waals surface area contributed by atoms with Gasteiger partial charge in [-0.1, -0.05) is 6.92 Å². The Bertz CT molecular complexity index is 818. The van der Waals surface area contributed by atoms with E-state index in [2.05, 4.69) is 16.9 Å². The number of likely N-dealkylation sites (N-methyl/N-ethyl adjacent to an activating group) is 1. The van der Waals surface area contributed by atoms with Gasteiger partial charge in [-0.2, -0.15) is 0 Å². The van der Waals surface area contributed by atoms with E-state index in [-0.39, 0.29) is 11.9 Å². The van der Waals surface area contributed by atoms with Crippen LogP contribution in [0.1, 0.15) is 24.9 Å². The Kier molecular flexibility index (Phi) is 5.48. The number of ether oxygens (including phenoxy) is 2. The number of rotatable bonds is 6. The highest BCUT2D eigenvalue weighted by molar-refractivity contribution is 6.01. The number of anilines is 2. The molecule has 0 bridgehead atoms. The molecule has 1 unspecified atom stereocenters. The van der Waals surface area contributed by atoms with Gasteiger partial charge in [0.25, 0.3) is 0 Å². The third kappa shape index (κ3) is 3.82. The zero-order valence-electron chi connectivity index (χ0n) is 16.5. The van der Waals surface area contributed by atoms with Gasteiger partial charge >= 0.3 is 0 Å². The monoisotopic (exact) mass is 370 g/mol. The lowest BCUT2D eigenvalue weighted by Crippen LogP contribution is -2.40. The molecule has 1 aliphatic heterocycles. The maximum Gasteiger partial charge on any atom is 0.249 e. The topological polar surface area (TPSA) is 67.8 Å². The van der Waals surface area contributed by atoms with Gasteiger partial charge in [0.1, 0.15) is 29.2 Å². The first-order chi connectivity index (χ1) is 13.0. The van der Waals surface area contributed by atoms with Gasteiger partial charge in [0, 0.05) is 43.6 Å². The number of carbonyl (C=O) groups is 1. The SMILES string of the molecule is CCc1cc(N(C)C2CCN(c3cc(OC)cc(OC)c3)C2=O)nc(C)n1. The molecule has 2 aromatic rings. The minimum atomic E-state index is -0.263. The molecule has 2 heterocycles. The van der Waals surface area contributed by atoms with Gasteiger partial charge in [0.2, 0.25) is 5.91 Å². The number of benzene rings is 1. The van der Waals surface area contributed by atoms with E-state index in [0.717, 1.165) is 35.9 Å². The first kappa shape index (κ1) is 18.9. The molecular formula is C20H26N4O3. The Hall–Kier alpha value is -2.83. The summed E-state index contributed by atoms with van der Waals surface area (Å²) >= 11 is 0. The van der Waals surface area contributed by atoms with E-state index in [9.17, 15) is 4.79 Å². The van der Waals surface area contributed by atoms with Crippen LogP contribution in [-0.2, 0) is 11.2 Å². The van der Waals surface area contributed by atoms with Gasteiger partial charge in [0.05, 0.1) is 19.9 Å². The van der Waals surface area contributed by atoms with Gasteiger partial charge in [0.15, 0.2) is 0 Å². The van der Waals surface area contributed by atoms with Crippen LogP contribution in [0, 0.1) is 6.92 Å². The fraction of sp³-hybridized carbons (Fsp3) is 0.450. The molecule has 3 rings (SSSR count). The van der Waals surface area contributed by atoms with Gasteiger partial charge in [-0.25, -0.2) is 9.97 Å². The summed E-state index contributed by atoms with van der Waals surface area (Å²) in [4.78, 5) is 25.8. The molecule has 1 aromatic carbocycles. The summed E-state index contributed by atoms with van der Waals surface area (Å²) in [5.41, 5.74) is 1.75. The van der Waals surface area contributed by atoms with Crippen molar-refractivity contribution in [2.45, 2.75) is 32.7 Å². The molecule has 0 saturated carbocycles. The van der Waals surface area contributed by atoms with E-state index < -0.39 is 0 Å². The van der Waals surface area contributed by atoms with Crippen molar-refractivity contribution >= 4 is 17.4 Å². The van der Waals surface area contributed by atoms with Crippen LogP contribution >= 0.6 is 0 Å². The second-order valence-corrected chi connectivity index (χ2v) is 6.59. The fourth-order valence-electron chi connectivity index (χ4n) is 3.36. The zero-order chi connectivity index (χ0) is 19.6. The van der Waals surface area contributed by atoms with Gasteiger partial charge < -0.3 is 19.3 Å². The molecule has 0 radical (unpaired) electrons. The minimum Gasteiger partial charge on any atom is -0.497 e. The maximum absolute atomic E-state index is 13.1. The highest BCUT2D eigenvalue weighted by atomic mass is 16.5. The number of amides is 1. The van der Waals surface area contributed by atoms with Crippen LogP contribution < -0.4 is 19.3 Å². The van der Waals surface area contributed by atoms with E-state index in [4.69, 9.17) is 9.47 Å². The lowest BCUT2D eigenvalue weighted by atomic mass is 10.2. The highest BCUT2D eigenvalue weighted by Crippen LogP contribution is 2.32. The van der Waals surface area contributed by atoms with E-state index in [1.807, 2.05) is 37.1 Å². The number of carbonyl (C=O) groups excluding carboxylic acids is 1. The lowest BCUT2D eigenvalue weighted by Gasteiger charge is -2.25. The van der Waals surface area contributed by atoms with Crippen LogP contribution in [0.3, 0.4) is 0 Å². The van der Waals surface area contributed by atoms with Gasteiger partial charge in [-0.05, 0) is 19.8 Å². The van der Waals surface area contributed by atoms with Gasteiger partial charge in [-0.3, -0.25) is 4.79 Å². The number of hydrogen-bond acceptors (Lipinski definition) is 6. The van der Waals surface area contributed by atoms with Crippen LogP contribution in [0.2, 0.25) is 0 Å². The Morgan fingerprint density at radius 2 is 1.81 bits per heavy atom. The Labute approximate surface area is 159 Å². The van der Waals surface area contributed by atoms with Crippen molar-refractivity contribution in [3.05, 3.63) is 35.8 Å². The molecule has 27 heavy (non-hydrogen) atoms. The molecule has 1 atom stereocenters. The summed E-state index contributed by atoms with van der Waals surface area (Å²) in [7, 11) is 5.12. The average molecular weight is 370 g/mol. The van der Waals surface area contributed by atoms with E-state index in [1.165, 1.54) is 0 Å². The molecule has 1 fully saturated rings. The largest absolute Gasteiger partial charge is 0.497 e. The second-order valence-electron chi connectivity index (χ2n) is 6.59. The predicted molar refractivity (Wildman–Crippen MR) is 105 cm³/mol. The third-order valence-electron chi connectivity index (χ3n) is 4.89. The summed E-state index contributed by atoms with van der Waals surface area (Å²) in [6, 6.07) is 7.20. The molecule has 7 heteroatoms. The second kappa shape index (κ2) is 7.82. The van der Waals surface area contributed by atoms with Crippen molar-refractivity contribution < 1.29 is 14.3 Å². The number of hydrogen-bond donors (Lipinski definition) is 0. The van der Waals surface area contributed by atoms with Crippen molar-refractivity contribution in [3.63, 3.8) is 0 Å². The quantitative estimate of drug-likeness (QED) is 0.779. The molecule has 7 nitrogen and oxygen atoms in total. The van der Waals surface area contributed by atoms with Crippen molar-refractivity contribution in [1.82, 2.24) is 9.97 Å². The number of aromatic nitrogens is 2. The zero-order valence-corrected chi connectivity index (χ0v) is 16.5. The predicted octanol–water partition coefficient (Wildman–Crippen LogP) is 2.61. The molecule has 1 amide bonds. The molecule has 1 aromatic heterocycles. The molecule has 144 valence electrons. The lowest BCUT2D eigenvalue weighted by molar-refractivity contribution is -0.118. The fourth-order valence-corrected chi connectivity index (χ4v) is 3.36. The van der Waals surface area contributed by atoms with Crippen molar-refractivity contribution in [1.29, 1.82) is 0 Å². The van der Waals surface area contributed by atoms with Crippen LogP contribution in [0.5, 0.6) is 11.5 Å². The van der Waals surface area contributed by atoms with Crippen molar-refractivity contribution in [2.75, 3.05) is 37.6 Å². The highest BCUT2D eigenvalue weighted by Gasteiger charge is 2.36. The van der Waals surface area contributed by atoms with Crippen LogP contribution in [0.15, 0.2) is 24.3 Å². The summed E-state index contributed by atoms with van der Waals surface area (Å²) in [6.45, 7) is 4.57. The van der Waals surface area contributed by atoms with Crippen molar-refractivity contribution in [2.24, 2.45) is 0 Å². The van der Waals surface area contributed by atoms with E-state index in [1.54, 1.807) is 25.2 Å². The normalized spacial score (nSPS) is 16.6. The molecule has 0 N–H and O–H groups in total. The molecule has 1 saturated heterocycles. The molecule has 1 aliphatic rings. The summed E-state index contributed by atoms with van der Waals surface area (Å²) in [6.07, 6.45) is 1.55. The first-order valence-electron chi connectivity index (χ1n) is 9.08. The Balaban J connectivity index is 1.85. The van der Waals surface area contributed by atoms with Crippen molar-refractivity contribution in [3.8, 4) is 11.5 Å². The van der Waals surface area contributed by atoms with Crippen LogP contribution in [-0.4, -0.2) is 49.7 Å². The maximum atomic E-state index is 13.1. The first-order valence-corrected chi connectivity index (χ1v) is 9.08. The summed E-state index contributed by atoms with van der Waals surface area (Å²) in [5, 5.41) is 0. The average Bonchev–Trinajstić information content (AvgIpc) is 3.07. The number of aryl methyl sites for hydroxylation is 2. The van der Waals surface area contributed by atoms with Crippen LogP contribution in [0.4, 0.5) is 11.5 Å². The third-order valence-corrected chi connectivity index (χ3v) is 4.89. The Morgan fingerprint density at radius 1 is 1.15 bits per heavy atom. The summed E-state index contributed by atoms with van der Waals surface area (Å²) < 4.78 is 10.7. The standard InChI is InChI=1S/C20H26N4O3/c1-6-14-9-19(22-13(2)21-14)23(3)18-7-8-24(20(18)25)15-10-16(26-4)12-17(11-15)27-5/h9-12,18H,6-8H2,1-5H3. The Morgan fingerprint density at radius 3 is 2.41 bits per heavy atom. The van der Waals surface area contributed by atoms with Gasteiger partial charge in [-0.15, -0.1) is 0 Å². The molecule has 0 spiro atoms. The number of nitrogens with zero attached hydrogens (tertiary/aromatic N) is 4. The minimum absolute atomic E-state index is 0.0436. The smallest absolute Gasteiger partial charge is 0.249 e. The molecular weight excluding hydrogens is 344 g/mol.